The van der Waals surface area contributed by atoms with Crippen LogP contribution in [0.1, 0.15) is 36.8 Å². The Labute approximate surface area is 178 Å². The minimum Gasteiger partial charge on any atom is -0.336 e. The summed E-state index contributed by atoms with van der Waals surface area (Å²) in [6.07, 6.45) is 0. The van der Waals surface area contributed by atoms with Crippen LogP contribution in [0.25, 0.3) is 5.69 Å². The van der Waals surface area contributed by atoms with Crippen LogP contribution >= 0.6 is 0 Å². The van der Waals surface area contributed by atoms with E-state index in [2.05, 4.69) is 46.6 Å². The predicted molar refractivity (Wildman–Crippen MR) is 122 cm³/mol. The minimum atomic E-state index is -0.220. The Balaban J connectivity index is 1.71. The standard InChI is InChI=1S/C24H31N5O/c1-5-28(6-2)22(20-13-9-7-10-14-20)17-25-24(30)26-23-18(3)27-29(19(23)4)21-15-11-8-12-16-21/h7-16,22H,5-6,17H2,1-4H3,(H2,25,26,30). The summed E-state index contributed by atoms with van der Waals surface area (Å²) in [6.45, 7) is 10.5. The van der Waals surface area contributed by atoms with Gasteiger partial charge in [0.15, 0.2) is 0 Å². The summed E-state index contributed by atoms with van der Waals surface area (Å²) in [5.41, 5.74) is 4.60. The van der Waals surface area contributed by atoms with Crippen molar-refractivity contribution in [1.29, 1.82) is 0 Å². The maximum atomic E-state index is 12.7. The maximum Gasteiger partial charge on any atom is 0.319 e. The molecular formula is C24H31N5O. The molecule has 1 heterocycles. The summed E-state index contributed by atoms with van der Waals surface area (Å²) < 4.78 is 1.85. The molecule has 1 atom stereocenters. The molecule has 0 bridgehead atoms. The molecule has 0 fully saturated rings. The summed E-state index contributed by atoms with van der Waals surface area (Å²) in [5.74, 6) is 0. The second kappa shape index (κ2) is 10.1. The van der Waals surface area contributed by atoms with Crippen LogP contribution in [-0.2, 0) is 0 Å². The second-order valence-corrected chi connectivity index (χ2v) is 7.28. The van der Waals surface area contributed by atoms with Crippen LogP contribution in [0.4, 0.5) is 10.5 Å². The molecule has 1 aromatic heterocycles. The van der Waals surface area contributed by atoms with E-state index in [1.165, 1.54) is 5.56 Å². The highest BCUT2D eigenvalue weighted by molar-refractivity contribution is 5.90. The lowest BCUT2D eigenvalue weighted by atomic mass is 10.1. The maximum absolute atomic E-state index is 12.7. The first-order valence-corrected chi connectivity index (χ1v) is 10.5. The first kappa shape index (κ1) is 21.6. The molecule has 1 unspecified atom stereocenters. The van der Waals surface area contributed by atoms with Gasteiger partial charge in [-0.1, -0.05) is 62.4 Å². The van der Waals surface area contributed by atoms with Gasteiger partial charge in [-0.15, -0.1) is 0 Å². The number of nitrogens with one attached hydrogen (secondary N) is 2. The van der Waals surface area contributed by atoms with Crippen LogP contribution in [-0.4, -0.2) is 40.3 Å². The van der Waals surface area contributed by atoms with Crippen LogP contribution in [0.15, 0.2) is 60.7 Å². The lowest BCUT2D eigenvalue weighted by molar-refractivity contribution is 0.210. The molecule has 0 aliphatic carbocycles. The monoisotopic (exact) mass is 405 g/mol. The molecule has 0 radical (unpaired) electrons. The zero-order valence-electron chi connectivity index (χ0n) is 18.2. The third-order valence-electron chi connectivity index (χ3n) is 5.42. The van der Waals surface area contributed by atoms with E-state index in [-0.39, 0.29) is 12.1 Å². The van der Waals surface area contributed by atoms with E-state index in [1.807, 2.05) is 67.1 Å². The van der Waals surface area contributed by atoms with E-state index in [0.29, 0.717) is 6.54 Å². The molecule has 6 nitrogen and oxygen atoms in total. The van der Waals surface area contributed by atoms with E-state index in [4.69, 9.17) is 0 Å². The van der Waals surface area contributed by atoms with Gasteiger partial charge in [0.1, 0.15) is 0 Å². The molecular weight excluding hydrogens is 374 g/mol. The fourth-order valence-corrected chi connectivity index (χ4v) is 3.79. The van der Waals surface area contributed by atoms with Crippen molar-refractivity contribution in [3.05, 3.63) is 77.6 Å². The third kappa shape index (κ3) is 4.89. The van der Waals surface area contributed by atoms with Crippen LogP contribution in [0.5, 0.6) is 0 Å². The Morgan fingerprint density at radius 2 is 1.60 bits per heavy atom. The number of amides is 2. The first-order valence-electron chi connectivity index (χ1n) is 10.5. The van der Waals surface area contributed by atoms with Gasteiger partial charge in [-0.25, -0.2) is 9.48 Å². The van der Waals surface area contributed by atoms with Crippen molar-refractivity contribution in [3.8, 4) is 5.69 Å². The van der Waals surface area contributed by atoms with E-state index in [9.17, 15) is 4.79 Å². The number of carbonyl (C=O) groups is 1. The van der Waals surface area contributed by atoms with Crippen LogP contribution in [0.3, 0.4) is 0 Å². The van der Waals surface area contributed by atoms with E-state index in [0.717, 1.165) is 35.9 Å². The molecule has 2 N–H and O–H groups in total. The molecule has 3 aromatic rings. The molecule has 0 saturated carbocycles. The number of rotatable bonds is 8. The second-order valence-electron chi connectivity index (χ2n) is 7.28. The van der Waals surface area contributed by atoms with Gasteiger partial charge in [0.25, 0.3) is 0 Å². The average Bonchev–Trinajstić information content (AvgIpc) is 3.06. The number of nitrogens with zero attached hydrogens (tertiary/aromatic N) is 3. The SMILES string of the molecule is CCN(CC)C(CNC(=O)Nc1c(C)nn(-c2ccccc2)c1C)c1ccccc1. The number of urea groups is 1. The molecule has 30 heavy (non-hydrogen) atoms. The van der Waals surface area contributed by atoms with Crippen molar-refractivity contribution in [2.75, 3.05) is 25.0 Å². The van der Waals surface area contributed by atoms with Gasteiger partial charge in [-0.2, -0.15) is 5.10 Å². The minimum absolute atomic E-state index is 0.126. The molecule has 0 aliphatic heterocycles. The fourth-order valence-electron chi connectivity index (χ4n) is 3.79. The largest absolute Gasteiger partial charge is 0.336 e. The quantitative estimate of drug-likeness (QED) is 0.571. The van der Waals surface area contributed by atoms with Crippen LogP contribution < -0.4 is 10.6 Å². The Bertz CT molecular complexity index is 948. The summed E-state index contributed by atoms with van der Waals surface area (Å²) in [4.78, 5) is 15.1. The topological polar surface area (TPSA) is 62.2 Å². The van der Waals surface area contributed by atoms with Crippen molar-refractivity contribution in [3.63, 3.8) is 0 Å². The predicted octanol–water partition coefficient (Wildman–Crippen LogP) is 4.69. The normalized spacial score (nSPS) is 12.0. The van der Waals surface area contributed by atoms with Crippen molar-refractivity contribution in [2.45, 2.75) is 33.7 Å². The van der Waals surface area contributed by atoms with Crippen molar-refractivity contribution in [2.24, 2.45) is 0 Å². The van der Waals surface area contributed by atoms with Gasteiger partial charge in [-0.05, 0) is 44.6 Å². The summed E-state index contributed by atoms with van der Waals surface area (Å²) in [5, 5.41) is 10.6. The summed E-state index contributed by atoms with van der Waals surface area (Å²) >= 11 is 0. The number of anilines is 1. The number of hydrogen-bond acceptors (Lipinski definition) is 3. The summed E-state index contributed by atoms with van der Waals surface area (Å²) in [6, 6.07) is 20.1. The zero-order chi connectivity index (χ0) is 21.5. The lowest BCUT2D eigenvalue weighted by Crippen LogP contribution is -2.39. The molecule has 6 heteroatoms. The van der Waals surface area contributed by atoms with Crippen molar-refractivity contribution < 1.29 is 4.79 Å². The van der Waals surface area contributed by atoms with Crippen molar-refractivity contribution in [1.82, 2.24) is 20.0 Å². The number of para-hydroxylation sites is 1. The van der Waals surface area contributed by atoms with Crippen molar-refractivity contribution >= 4 is 11.7 Å². The number of hydrogen-bond donors (Lipinski definition) is 2. The number of aryl methyl sites for hydroxylation is 1. The van der Waals surface area contributed by atoms with Gasteiger partial charge in [-0.3, -0.25) is 4.90 Å². The van der Waals surface area contributed by atoms with E-state index < -0.39 is 0 Å². The highest BCUT2D eigenvalue weighted by atomic mass is 16.2. The first-order chi connectivity index (χ1) is 14.5. The smallest absolute Gasteiger partial charge is 0.319 e. The Kier molecular flexibility index (Phi) is 7.25. The van der Waals surface area contributed by atoms with Crippen LogP contribution in [0.2, 0.25) is 0 Å². The Hall–Kier alpha value is -3.12. The number of carbonyl (C=O) groups excluding carboxylic acids is 1. The molecule has 0 aliphatic rings. The number of benzene rings is 2. The molecule has 158 valence electrons. The van der Waals surface area contributed by atoms with Gasteiger partial charge >= 0.3 is 6.03 Å². The Morgan fingerprint density at radius 1 is 1.00 bits per heavy atom. The van der Waals surface area contributed by atoms with E-state index >= 15 is 0 Å². The van der Waals surface area contributed by atoms with Gasteiger partial charge < -0.3 is 10.6 Å². The number of aromatic nitrogens is 2. The Morgan fingerprint density at radius 3 is 2.20 bits per heavy atom. The highest BCUT2D eigenvalue weighted by Crippen LogP contribution is 2.23. The molecule has 0 saturated heterocycles. The van der Waals surface area contributed by atoms with Gasteiger partial charge in [0, 0.05) is 6.54 Å². The molecule has 0 spiro atoms. The number of likely N-dealkylation sites (N-methyl/N-ethyl adjacent to an activating group) is 1. The highest BCUT2D eigenvalue weighted by Gasteiger charge is 2.20. The third-order valence-corrected chi connectivity index (χ3v) is 5.42. The zero-order valence-corrected chi connectivity index (χ0v) is 18.2. The molecule has 2 aromatic carbocycles. The fraction of sp³-hybridized carbons (Fsp3) is 0.333. The van der Waals surface area contributed by atoms with Crippen LogP contribution in [0, 0.1) is 13.8 Å². The summed E-state index contributed by atoms with van der Waals surface area (Å²) in [7, 11) is 0. The average molecular weight is 406 g/mol. The van der Waals surface area contributed by atoms with Gasteiger partial charge in [0.05, 0.1) is 28.8 Å². The molecule has 3 rings (SSSR count). The van der Waals surface area contributed by atoms with Gasteiger partial charge in [0.2, 0.25) is 0 Å². The lowest BCUT2D eigenvalue weighted by Gasteiger charge is -2.30. The van der Waals surface area contributed by atoms with E-state index in [1.54, 1.807) is 0 Å². The molecule has 2 amide bonds.